The highest BCUT2D eigenvalue weighted by atomic mass is 16.5. The van der Waals surface area contributed by atoms with Crippen molar-refractivity contribution in [2.75, 3.05) is 13.2 Å². The van der Waals surface area contributed by atoms with Crippen LogP contribution >= 0.6 is 0 Å². The minimum atomic E-state index is 0.418. The van der Waals surface area contributed by atoms with E-state index in [1.807, 2.05) is 0 Å². The van der Waals surface area contributed by atoms with Crippen molar-refractivity contribution in [3.05, 3.63) is 35.9 Å². The first kappa shape index (κ1) is 14.5. The number of ether oxygens (including phenoxy) is 1. The Balaban J connectivity index is 1.87. The minimum Gasteiger partial charge on any atom is -0.378 e. The maximum absolute atomic E-state index is 5.95. The molecule has 1 fully saturated rings. The zero-order valence-corrected chi connectivity index (χ0v) is 12.4. The van der Waals surface area contributed by atoms with E-state index in [0.29, 0.717) is 24.0 Å². The van der Waals surface area contributed by atoms with Gasteiger partial charge in [0.2, 0.25) is 0 Å². The predicted octanol–water partition coefficient (Wildman–Crippen LogP) is 3.58. The molecule has 1 aliphatic rings. The topological polar surface area (TPSA) is 21.3 Å². The van der Waals surface area contributed by atoms with Crippen LogP contribution in [0, 0.1) is 5.92 Å². The monoisotopic (exact) mass is 261 g/mol. The molecule has 0 saturated carbocycles. The van der Waals surface area contributed by atoms with Gasteiger partial charge in [-0.2, -0.15) is 0 Å². The van der Waals surface area contributed by atoms with Crippen LogP contribution in [-0.2, 0) is 4.74 Å². The van der Waals surface area contributed by atoms with Crippen molar-refractivity contribution >= 4 is 0 Å². The van der Waals surface area contributed by atoms with E-state index in [1.54, 1.807) is 0 Å². The molecule has 106 valence electrons. The Morgan fingerprint density at radius 1 is 1.21 bits per heavy atom. The molecule has 0 bridgehead atoms. The van der Waals surface area contributed by atoms with Gasteiger partial charge in [0, 0.05) is 19.2 Å². The maximum atomic E-state index is 5.95. The Hall–Kier alpha value is -0.860. The Morgan fingerprint density at radius 3 is 2.63 bits per heavy atom. The largest absolute Gasteiger partial charge is 0.378 e. The van der Waals surface area contributed by atoms with Crippen LogP contribution in [0.2, 0.25) is 0 Å². The lowest BCUT2D eigenvalue weighted by Crippen LogP contribution is -2.33. The molecule has 1 heterocycles. The summed E-state index contributed by atoms with van der Waals surface area (Å²) in [6, 6.07) is 11.3. The molecule has 2 heteroatoms. The summed E-state index contributed by atoms with van der Waals surface area (Å²) < 4.78 is 5.95. The van der Waals surface area contributed by atoms with Crippen molar-refractivity contribution in [3.8, 4) is 0 Å². The molecule has 3 atom stereocenters. The molecule has 0 amide bonds. The van der Waals surface area contributed by atoms with Crippen LogP contribution in [0.5, 0.6) is 0 Å². The van der Waals surface area contributed by atoms with E-state index in [-0.39, 0.29) is 0 Å². The van der Waals surface area contributed by atoms with Crippen LogP contribution in [-0.4, -0.2) is 25.3 Å². The molecule has 0 aliphatic carbocycles. The third kappa shape index (κ3) is 4.32. The average Bonchev–Trinajstić information content (AvgIpc) is 2.84. The van der Waals surface area contributed by atoms with Gasteiger partial charge >= 0.3 is 0 Å². The molecule has 1 aliphatic heterocycles. The van der Waals surface area contributed by atoms with Gasteiger partial charge in [0.15, 0.2) is 0 Å². The molecule has 0 aromatic heterocycles. The van der Waals surface area contributed by atoms with E-state index >= 15 is 0 Å². The van der Waals surface area contributed by atoms with Crippen LogP contribution in [0.15, 0.2) is 30.3 Å². The highest BCUT2D eigenvalue weighted by Crippen LogP contribution is 2.30. The van der Waals surface area contributed by atoms with Gasteiger partial charge in [-0.25, -0.2) is 0 Å². The average molecular weight is 261 g/mol. The Labute approximate surface area is 117 Å². The lowest BCUT2D eigenvalue weighted by molar-refractivity contribution is 0.0780. The van der Waals surface area contributed by atoms with E-state index < -0.39 is 0 Å². The minimum absolute atomic E-state index is 0.418. The van der Waals surface area contributed by atoms with Gasteiger partial charge in [0.1, 0.15) is 0 Å². The van der Waals surface area contributed by atoms with Gasteiger partial charge in [-0.05, 0) is 30.2 Å². The summed E-state index contributed by atoms with van der Waals surface area (Å²) >= 11 is 0. The smallest absolute Gasteiger partial charge is 0.0622 e. The summed E-state index contributed by atoms with van der Waals surface area (Å²) in [5.41, 5.74) is 1.42. The molecule has 0 radical (unpaired) electrons. The van der Waals surface area contributed by atoms with Crippen LogP contribution < -0.4 is 5.32 Å². The molecule has 19 heavy (non-hydrogen) atoms. The van der Waals surface area contributed by atoms with Crippen molar-refractivity contribution in [1.82, 2.24) is 5.32 Å². The Kier molecular flexibility index (Phi) is 5.41. The van der Waals surface area contributed by atoms with E-state index in [4.69, 9.17) is 4.74 Å². The van der Waals surface area contributed by atoms with Gasteiger partial charge in [-0.3, -0.25) is 0 Å². The summed E-state index contributed by atoms with van der Waals surface area (Å²) in [4.78, 5) is 0. The summed E-state index contributed by atoms with van der Waals surface area (Å²) in [5.74, 6) is 1.25. The molecule has 1 N–H and O–H groups in total. The van der Waals surface area contributed by atoms with E-state index in [0.717, 1.165) is 19.6 Å². The van der Waals surface area contributed by atoms with Gasteiger partial charge in [-0.1, -0.05) is 51.1 Å². The zero-order chi connectivity index (χ0) is 13.7. The van der Waals surface area contributed by atoms with Gasteiger partial charge in [0.25, 0.3) is 0 Å². The molecule has 2 rings (SSSR count). The van der Waals surface area contributed by atoms with E-state index in [9.17, 15) is 0 Å². The van der Waals surface area contributed by atoms with Crippen molar-refractivity contribution in [1.29, 1.82) is 0 Å². The standard InChI is InChI=1S/C17H27NO/c1-13(2)18-12-16-9-10-19-17(16)11-14(3)15-7-5-4-6-8-15/h4-8,13-14,16-18H,9-12H2,1-3H3. The highest BCUT2D eigenvalue weighted by molar-refractivity contribution is 5.18. The molecule has 2 nitrogen and oxygen atoms in total. The fraction of sp³-hybridized carbons (Fsp3) is 0.647. The van der Waals surface area contributed by atoms with Crippen molar-refractivity contribution in [2.45, 2.75) is 51.7 Å². The summed E-state index contributed by atoms with van der Waals surface area (Å²) in [6.45, 7) is 8.74. The first-order chi connectivity index (χ1) is 9.16. The lowest BCUT2D eigenvalue weighted by atomic mass is 9.89. The highest BCUT2D eigenvalue weighted by Gasteiger charge is 2.29. The molecule has 1 saturated heterocycles. The number of nitrogens with one attached hydrogen (secondary N) is 1. The second kappa shape index (κ2) is 7.06. The molecule has 1 aromatic carbocycles. The molecular weight excluding hydrogens is 234 g/mol. The second-order valence-electron chi connectivity index (χ2n) is 6.07. The molecule has 0 spiro atoms. The first-order valence-electron chi connectivity index (χ1n) is 7.56. The number of benzene rings is 1. The van der Waals surface area contributed by atoms with E-state index in [1.165, 1.54) is 12.0 Å². The SMILES string of the molecule is CC(C)NCC1CCOC1CC(C)c1ccccc1. The number of rotatable bonds is 6. The van der Waals surface area contributed by atoms with Crippen LogP contribution in [0.1, 0.15) is 45.1 Å². The quantitative estimate of drug-likeness (QED) is 0.845. The summed E-state index contributed by atoms with van der Waals surface area (Å²) in [7, 11) is 0. The van der Waals surface area contributed by atoms with Crippen molar-refractivity contribution in [2.24, 2.45) is 5.92 Å². The molecule has 1 aromatic rings. The number of hydrogen-bond donors (Lipinski definition) is 1. The predicted molar refractivity (Wildman–Crippen MR) is 80.5 cm³/mol. The Bertz CT molecular complexity index is 363. The van der Waals surface area contributed by atoms with Crippen LogP contribution in [0.25, 0.3) is 0 Å². The maximum Gasteiger partial charge on any atom is 0.0622 e. The second-order valence-corrected chi connectivity index (χ2v) is 6.07. The molecular formula is C17H27NO. The first-order valence-corrected chi connectivity index (χ1v) is 7.56. The van der Waals surface area contributed by atoms with E-state index in [2.05, 4.69) is 56.4 Å². The summed E-state index contributed by atoms with van der Waals surface area (Å²) in [5, 5.41) is 3.55. The molecule has 3 unspecified atom stereocenters. The normalized spacial score (nSPS) is 24.8. The van der Waals surface area contributed by atoms with Gasteiger partial charge in [0.05, 0.1) is 6.10 Å². The third-order valence-corrected chi connectivity index (χ3v) is 4.09. The zero-order valence-electron chi connectivity index (χ0n) is 12.4. The van der Waals surface area contributed by atoms with Crippen molar-refractivity contribution < 1.29 is 4.74 Å². The van der Waals surface area contributed by atoms with Gasteiger partial charge < -0.3 is 10.1 Å². The van der Waals surface area contributed by atoms with Crippen LogP contribution in [0.3, 0.4) is 0 Å². The summed E-state index contributed by atoms with van der Waals surface area (Å²) in [6.07, 6.45) is 2.75. The lowest BCUT2D eigenvalue weighted by Gasteiger charge is -2.23. The third-order valence-electron chi connectivity index (χ3n) is 4.09. The van der Waals surface area contributed by atoms with Crippen LogP contribution in [0.4, 0.5) is 0 Å². The fourth-order valence-electron chi connectivity index (χ4n) is 2.84. The van der Waals surface area contributed by atoms with Crippen molar-refractivity contribution in [3.63, 3.8) is 0 Å². The Morgan fingerprint density at radius 2 is 1.95 bits per heavy atom. The fourth-order valence-corrected chi connectivity index (χ4v) is 2.84. The number of hydrogen-bond acceptors (Lipinski definition) is 2. The van der Waals surface area contributed by atoms with Gasteiger partial charge in [-0.15, -0.1) is 0 Å².